The molecule has 0 fully saturated rings. The summed E-state index contributed by atoms with van der Waals surface area (Å²) in [5.41, 5.74) is 8.38. The molecule has 17 heavy (non-hydrogen) atoms. The predicted molar refractivity (Wildman–Crippen MR) is 73.7 cm³/mol. The molecule has 0 aromatic heterocycles. The maximum atomic E-state index is 5.53. The SMILES string of the molecule is COc1ccc(C(C)(C)C)cc1CCCCN. The number of hydrogen-bond donors (Lipinski definition) is 1. The van der Waals surface area contributed by atoms with Crippen LogP contribution in [0.3, 0.4) is 0 Å². The van der Waals surface area contributed by atoms with Crippen molar-refractivity contribution in [1.29, 1.82) is 0 Å². The van der Waals surface area contributed by atoms with Crippen LogP contribution < -0.4 is 10.5 Å². The Morgan fingerprint density at radius 1 is 1.18 bits per heavy atom. The zero-order valence-electron chi connectivity index (χ0n) is 11.5. The van der Waals surface area contributed by atoms with Gasteiger partial charge in [-0.1, -0.05) is 32.9 Å². The van der Waals surface area contributed by atoms with Crippen LogP contribution in [0.2, 0.25) is 0 Å². The Morgan fingerprint density at radius 2 is 1.88 bits per heavy atom. The second-order valence-electron chi connectivity index (χ2n) is 5.52. The fourth-order valence-corrected chi connectivity index (χ4v) is 1.90. The molecule has 0 amide bonds. The smallest absolute Gasteiger partial charge is 0.122 e. The van der Waals surface area contributed by atoms with Gasteiger partial charge in [0.2, 0.25) is 0 Å². The number of hydrogen-bond acceptors (Lipinski definition) is 2. The predicted octanol–water partition coefficient (Wildman–Crippen LogP) is 3.27. The molecule has 1 aromatic rings. The molecular formula is C15H25NO. The first-order valence-corrected chi connectivity index (χ1v) is 6.36. The average molecular weight is 235 g/mol. The number of rotatable bonds is 5. The molecule has 0 spiro atoms. The van der Waals surface area contributed by atoms with E-state index in [2.05, 4.69) is 39.0 Å². The average Bonchev–Trinajstić information content (AvgIpc) is 2.28. The van der Waals surface area contributed by atoms with E-state index < -0.39 is 0 Å². The number of nitrogens with two attached hydrogens (primary N) is 1. The monoisotopic (exact) mass is 235 g/mol. The van der Waals surface area contributed by atoms with Gasteiger partial charge in [0.1, 0.15) is 5.75 Å². The topological polar surface area (TPSA) is 35.2 Å². The van der Waals surface area contributed by atoms with Gasteiger partial charge in [0, 0.05) is 0 Å². The highest BCUT2D eigenvalue weighted by Crippen LogP contribution is 2.28. The summed E-state index contributed by atoms with van der Waals surface area (Å²) in [6, 6.07) is 6.51. The van der Waals surface area contributed by atoms with Crippen molar-refractivity contribution in [2.75, 3.05) is 13.7 Å². The van der Waals surface area contributed by atoms with E-state index in [0.717, 1.165) is 31.6 Å². The molecule has 2 N–H and O–H groups in total. The van der Waals surface area contributed by atoms with Gasteiger partial charge in [0.25, 0.3) is 0 Å². The number of aryl methyl sites for hydroxylation is 1. The Balaban J connectivity index is 2.90. The molecular weight excluding hydrogens is 210 g/mol. The lowest BCUT2D eigenvalue weighted by Gasteiger charge is -2.21. The van der Waals surface area contributed by atoms with Crippen LogP contribution in [0.4, 0.5) is 0 Å². The van der Waals surface area contributed by atoms with E-state index in [1.807, 2.05) is 0 Å². The zero-order valence-corrected chi connectivity index (χ0v) is 11.5. The van der Waals surface area contributed by atoms with Crippen molar-refractivity contribution < 1.29 is 4.74 Å². The van der Waals surface area contributed by atoms with Crippen molar-refractivity contribution in [2.24, 2.45) is 5.73 Å². The van der Waals surface area contributed by atoms with Crippen LogP contribution in [0, 0.1) is 0 Å². The Morgan fingerprint density at radius 3 is 2.41 bits per heavy atom. The molecule has 0 bridgehead atoms. The molecule has 0 unspecified atom stereocenters. The summed E-state index contributed by atoms with van der Waals surface area (Å²) < 4.78 is 5.41. The second kappa shape index (κ2) is 6.06. The lowest BCUT2D eigenvalue weighted by molar-refractivity contribution is 0.408. The first-order chi connectivity index (χ1) is 7.99. The van der Waals surface area contributed by atoms with Crippen LogP contribution in [0.5, 0.6) is 5.75 Å². The number of benzene rings is 1. The van der Waals surface area contributed by atoms with Crippen LogP contribution >= 0.6 is 0 Å². The molecule has 0 heterocycles. The molecule has 0 aliphatic carbocycles. The van der Waals surface area contributed by atoms with E-state index >= 15 is 0 Å². The van der Waals surface area contributed by atoms with E-state index in [9.17, 15) is 0 Å². The van der Waals surface area contributed by atoms with Crippen LogP contribution in [0.15, 0.2) is 18.2 Å². The van der Waals surface area contributed by atoms with Crippen molar-refractivity contribution in [1.82, 2.24) is 0 Å². The molecule has 0 saturated carbocycles. The molecule has 0 radical (unpaired) electrons. The van der Waals surface area contributed by atoms with Crippen molar-refractivity contribution in [2.45, 2.75) is 45.4 Å². The number of unbranched alkanes of at least 4 members (excludes halogenated alkanes) is 1. The quantitative estimate of drug-likeness (QED) is 0.795. The van der Waals surface area contributed by atoms with Crippen molar-refractivity contribution in [3.63, 3.8) is 0 Å². The molecule has 0 saturated heterocycles. The van der Waals surface area contributed by atoms with E-state index in [1.165, 1.54) is 11.1 Å². The van der Waals surface area contributed by atoms with Crippen LogP contribution in [0.25, 0.3) is 0 Å². The third-order valence-corrected chi connectivity index (χ3v) is 3.05. The lowest BCUT2D eigenvalue weighted by Crippen LogP contribution is -2.11. The zero-order chi connectivity index (χ0) is 12.9. The molecule has 96 valence electrons. The van der Waals surface area contributed by atoms with Gasteiger partial charge in [-0.05, 0) is 48.4 Å². The maximum absolute atomic E-state index is 5.53. The fourth-order valence-electron chi connectivity index (χ4n) is 1.90. The summed E-state index contributed by atoms with van der Waals surface area (Å²) >= 11 is 0. The van der Waals surface area contributed by atoms with E-state index in [0.29, 0.717) is 0 Å². The summed E-state index contributed by atoms with van der Waals surface area (Å²) in [5, 5.41) is 0. The number of ether oxygens (including phenoxy) is 1. The molecule has 0 aliphatic heterocycles. The van der Waals surface area contributed by atoms with E-state index in [1.54, 1.807) is 7.11 Å². The standard InChI is InChI=1S/C15H25NO/c1-15(2,3)13-8-9-14(17-4)12(11-13)7-5-6-10-16/h8-9,11H,5-7,10,16H2,1-4H3. The van der Waals surface area contributed by atoms with Gasteiger partial charge >= 0.3 is 0 Å². The van der Waals surface area contributed by atoms with Crippen LogP contribution in [-0.4, -0.2) is 13.7 Å². The molecule has 2 heteroatoms. The van der Waals surface area contributed by atoms with Gasteiger partial charge in [-0.3, -0.25) is 0 Å². The fraction of sp³-hybridized carbons (Fsp3) is 0.600. The highest BCUT2D eigenvalue weighted by Gasteiger charge is 2.15. The highest BCUT2D eigenvalue weighted by atomic mass is 16.5. The Kier molecular flexibility index (Phi) is 5.01. The van der Waals surface area contributed by atoms with Crippen molar-refractivity contribution in [3.8, 4) is 5.75 Å². The van der Waals surface area contributed by atoms with E-state index in [4.69, 9.17) is 10.5 Å². The molecule has 2 nitrogen and oxygen atoms in total. The van der Waals surface area contributed by atoms with Gasteiger partial charge < -0.3 is 10.5 Å². The molecule has 0 aliphatic rings. The third-order valence-electron chi connectivity index (χ3n) is 3.05. The summed E-state index contributed by atoms with van der Waals surface area (Å²) in [7, 11) is 1.73. The first kappa shape index (κ1) is 14.0. The second-order valence-corrected chi connectivity index (χ2v) is 5.52. The maximum Gasteiger partial charge on any atom is 0.122 e. The van der Waals surface area contributed by atoms with Gasteiger partial charge in [-0.15, -0.1) is 0 Å². The van der Waals surface area contributed by atoms with Crippen LogP contribution in [0.1, 0.15) is 44.7 Å². The Labute approximate surface area is 105 Å². The minimum Gasteiger partial charge on any atom is -0.496 e. The summed E-state index contributed by atoms with van der Waals surface area (Å²) in [6.07, 6.45) is 3.24. The number of methoxy groups -OCH3 is 1. The summed E-state index contributed by atoms with van der Waals surface area (Å²) in [5.74, 6) is 0.995. The molecule has 1 aromatic carbocycles. The van der Waals surface area contributed by atoms with Gasteiger partial charge in [0.15, 0.2) is 0 Å². The Bertz CT molecular complexity index is 352. The largest absolute Gasteiger partial charge is 0.496 e. The molecule has 1 rings (SSSR count). The minimum absolute atomic E-state index is 0.189. The van der Waals surface area contributed by atoms with Crippen molar-refractivity contribution >= 4 is 0 Å². The van der Waals surface area contributed by atoms with E-state index in [-0.39, 0.29) is 5.41 Å². The van der Waals surface area contributed by atoms with Crippen LogP contribution in [-0.2, 0) is 11.8 Å². The minimum atomic E-state index is 0.189. The summed E-state index contributed by atoms with van der Waals surface area (Å²) in [4.78, 5) is 0. The Hall–Kier alpha value is -1.02. The lowest BCUT2D eigenvalue weighted by atomic mass is 9.85. The third kappa shape index (κ3) is 4.04. The first-order valence-electron chi connectivity index (χ1n) is 6.36. The van der Waals surface area contributed by atoms with Gasteiger partial charge in [-0.2, -0.15) is 0 Å². The normalized spacial score (nSPS) is 11.6. The molecule has 0 atom stereocenters. The van der Waals surface area contributed by atoms with Gasteiger partial charge in [-0.25, -0.2) is 0 Å². The summed E-state index contributed by atoms with van der Waals surface area (Å²) in [6.45, 7) is 7.47. The highest BCUT2D eigenvalue weighted by molar-refractivity contribution is 5.39. The van der Waals surface area contributed by atoms with Gasteiger partial charge in [0.05, 0.1) is 7.11 Å². The van der Waals surface area contributed by atoms with Crippen molar-refractivity contribution in [3.05, 3.63) is 29.3 Å².